The average Bonchev–Trinajstić information content (AvgIpc) is 2.39. The van der Waals surface area contributed by atoms with Crippen LogP contribution in [0, 0.1) is 5.92 Å². The molecule has 0 aromatic carbocycles. The Morgan fingerprint density at radius 2 is 1.84 bits per heavy atom. The van der Waals surface area contributed by atoms with Crippen LogP contribution in [0.15, 0.2) is 0 Å². The van der Waals surface area contributed by atoms with Crippen LogP contribution >= 0.6 is 0 Å². The van der Waals surface area contributed by atoms with Gasteiger partial charge in [0.2, 0.25) is 10.0 Å². The number of nitrogens with two attached hydrogens (primary N) is 1. The molecule has 1 saturated heterocycles. The van der Waals surface area contributed by atoms with Crippen LogP contribution in [-0.2, 0) is 14.8 Å². The van der Waals surface area contributed by atoms with E-state index in [9.17, 15) is 8.42 Å². The minimum atomic E-state index is -3.25. The van der Waals surface area contributed by atoms with Gasteiger partial charge in [-0.25, -0.2) is 13.1 Å². The highest BCUT2D eigenvalue weighted by Gasteiger charge is 2.29. The fraction of sp³-hybridized carbons (Fsp3) is 1.00. The summed E-state index contributed by atoms with van der Waals surface area (Å²) >= 11 is 0. The van der Waals surface area contributed by atoms with E-state index in [1.807, 2.05) is 0 Å². The molecule has 2 fully saturated rings. The van der Waals surface area contributed by atoms with Gasteiger partial charge in [-0.1, -0.05) is 12.8 Å². The third kappa shape index (κ3) is 4.70. The molecule has 1 aliphatic carbocycles. The Hall–Kier alpha value is -0.170. The van der Waals surface area contributed by atoms with Gasteiger partial charge in [-0.15, -0.1) is 0 Å². The smallest absolute Gasteiger partial charge is 0.214 e. The van der Waals surface area contributed by atoms with Crippen molar-refractivity contribution in [3.8, 4) is 0 Å². The van der Waals surface area contributed by atoms with Gasteiger partial charge in [0, 0.05) is 12.6 Å². The van der Waals surface area contributed by atoms with Gasteiger partial charge in [0.05, 0.1) is 11.9 Å². The summed E-state index contributed by atoms with van der Waals surface area (Å²) in [4.78, 5) is 0. The molecular weight excluding hydrogens is 264 g/mol. The number of ether oxygens (including phenoxy) is 1. The van der Waals surface area contributed by atoms with Crippen LogP contribution in [0.2, 0.25) is 0 Å². The first-order valence-electron chi connectivity index (χ1n) is 7.42. The lowest BCUT2D eigenvalue weighted by atomic mass is 9.85. The first-order chi connectivity index (χ1) is 9.11. The summed E-state index contributed by atoms with van der Waals surface area (Å²) in [6.45, 7) is 1.25. The predicted octanol–water partition coefficient (Wildman–Crippen LogP) is 0.992. The minimum absolute atomic E-state index is 0.0207. The minimum Gasteiger partial charge on any atom is -0.377 e. The van der Waals surface area contributed by atoms with Crippen molar-refractivity contribution in [2.24, 2.45) is 11.7 Å². The van der Waals surface area contributed by atoms with Gasteiger partial charge in [-0.05, 0) is 44.6 Å². The standard InChI is InChI=1S/C13H26N2O3S/c14-9-11-5-1-2-7-13(11)15-19(16,17)10-12-6-3-4-8-18-12/h11-13,15H,1-10,14H2. The molecule has 3 atom stereocenters. The summed E-state index contributed by atoms with van der Waals surface area (Å²) in [7, 11) is -3.25. The molecular formula is C13H26N2O3S. The van der Waals surface area contributed by atoms with E-state index in [0.29, 0.717) is 13.2 Å². The summed E-state index contributed by atoms with van der Waals surface area (Å²) in [5.41, 5.74) is 5.74. The third-order valence-corrected chi connectivity index (χ3v) is 5.69. The lowest BCUT2D eigenvalue weighted by molar-refractivity contribution is 0.0303. The average molecular weight is 290 g/mol. The fourth-order valence-electron chi connectivity index (χ4n) is 3.11. The van der Waals surface area contributed by atoms with E-state index in [2.05, 4.69) is 4.72 Å². The topological polar surface area (TPSA) is 81.4 Å². The highest BCUT2D eigenvalue weighted by Crippen LogP contribution is 2.24. The molecule has 112 valence electrons. The maximum absolute atomic E-state index is 12.2. The second-order valence-electron chi connectivity index (χ2n) is 5.77. The van der Waals surface area contributed by atoms with Gasteiger partial charge in [0.1, 0.15) is 0 Å². The van der Waals surface area contributed by atoms with Gasteiger partial charge in [-0.3, -0.25) is 0 Å². The van der Waals surface area contributed by atoms with E-state index in [1.165, 1.54) is 0 Å². The van der Waals surface area contributed by atoms with E-state index in [1.54, 1.807) is 0 Å². The van der Waals surface area contributed by atoms with Crippen molar-refractivity contribution in [3.63, 3.8) is 0 Å². The normalized spacial score (nSPS) is 33.2. The van der Waals surface area contributed by atoms with Crippen molar-refractivity contribution in [2.45, 2.75) is 57.1 Å². The molecule has 0 aromatic rings. The van der Waals surface area contributed by atoms with E-state index >= 15 is 0 Å². The van der Waals surface area contributed by atoms with Crippen molar-refractivity contribution in [1.82, 2.24) is 4.72 Å². The Bertz CT molecular complexity index is 366. The Kier molecular flexibility index (Phi) is 5.62. The van der Waals surface area contributed by atoms with Gasteiger partial charge in [0.25, 0.3) is 0 Å². The molecule has 0 radical (unpaired) electrons. The van der Waals surface area contributed by atoms with Crippen molar-refractivity contribution < 1.29 is 13.2 Å². The Labute approximate surface area is 116 Å². The molecule has 0 spiro atoms. The van der Waals surface area contributed by atoms with Crippen molar-refractivity contribution in [3.05, 3.63) is 0 Å². The first kappa shape index (κ1) is 15.2. The van der Waals surface area contributed by atoms with Crippen LogP contribution in [0.4, 0.5) is 0 Å². The summed E-state index contributed by atoms with van der Waals surface area (Å²) < 4.78 is 32.8. The molecule has 1 heterocycles. The first-order valence-corrected chi connectivity index (χ1v) is 9.07. The quantitative estimate of drug-likeness (QED) is 0.791. The molecule has 0 aromatic heterocycles. The molecule has 2 aliphatic rings. The summed E-state index contributed by atoms with van der Waals surface area (Å²) in [6.07, 6.45) is 7.01. The fourth-order valence-corrected chi connectivity index (χ4v) is 4.73. The number of sulfonamides is 1. The molecule has 6 heteroatoms. The second-order valence-corrected chi connectivity index (χ2v) is 7.57. The maximum atomic E-state index is 12.2. The van der Waals surface area contributed by atoms with Crippen molar-refractivity contribution >= 4 is 10.0 Å². The Morgan fingerprint density at radius 3 is 2.53 bits per heavy atom. The molecule has 0 bridgehead atoms. The van der Waals surface area contributed by atoms with Crippen LogP contribution in [-0.4, -0.2) is 39.5 Å². The SMILES string of the molecule is NCC1CCCCC1NS(=O)(=O)CC1CCCCO1. The maximum Gasteiger partial charge on any atom is 0.214 e. The molecule has 1 saturated carbocycles. The molecule has 5 nitrogen and oxygen atoms in total. The highest BCUT2D eigenvalue weighted by atomic mass is 32.2. The zero-order valence-electron chi connectivity index (χ0n) is 11.5. The third-order valence-electron chi connectivity index (χ3n) is 4.22. The zero-order valence-corrected chi connectivity index (χ0v) is 12.3. The van der Waals surface area contributed by atoms with E-state index in [4.69, 9.17) is 10.5 Å². The van der Waals surface area contributed by atoms with Crippen LogP contribution in [0.1, 0.15) is 44.9 Å². The number of nitrogens with one attached hydrogen (secondary N) is 1. The molecule has 2 rings (SSSR count). The molecule has 1 aliphatic heterocycles. The van der Waals surface area contributed by atoms with Gasteiger partial charge < -0.3 is 10.5 Å². The van der Waals surface area contributed by atoms with Gasteiger partial charge >= 0.3 is 0 Å². The predicted molar refractivity (Wildman–Crippen MR) is 75.3 cm³/mol. The number of rotatable bonds is 5. The van der Waals surface area contributed by atoms with E-state index in [-0.39, 0.29) is 23.8 Å². The Morgan fingerprint density at radius 1 is 1.11 bits per heavy atom. The van der Waals surface area contributed by atoms with Crippen LogP contribution in [0.5, 0.6) is 0 Å². The molecule has 0 amide bonds. The van der Waals surface area contributed by atoms with Gasteiger partial charge in [0.15, 0.2) is 0 Å². The van der Waals surface area contributed by atoms with Crippen molar-refractivity contribution in [1.29, 1.82) is 0 Å². The molecule has 3 unspecified atom stereocenters. The largest absolute Gasteiger partial charge is 0.377 e. The van der Waals surface area contributed by atoms with E-state index in [0.717, 1.165) is 44.9 Å². The van der Waals surface area contributed by atoms with E-state index < -0.39 is 10.0 Å². The second kappa shape index (κ2) is 7.02. The van der Waals surface area contributed by atoms with Gasteiger partial charge in [-0.2, -0.15) is 0 Å². The zero-order chi connectivity index (χ0) is 13.7. The molecule has 19 heavy (non-hydrogen) atoms. The number of hydrogen-bond acceptors (Lipinski definition) is 4. The lowest BCUT2D eigenvalue weighted by Crippen LogP contribution is -2.47. The lowest BCUT2D eigenvalue weighted by Gasteiger charge is -2.32. The van der Waals surface area contributed by atoms with Crippen LogP contribution in [0.25, 0.3) is 0 Å². The van der Waals surface area contributed by atoms with Crippen LogP contribution < -0.4 is 10.5 Å². The monoisotopic (exact) mass is 290 g/mol. The Balaban J connectivity index is 1.88. The molecule has 3 N–H and O–H groups in total. The summed E-state index contributed by atoms with van der Waals surface area (Å²) in [5.74, 6) is 0.386. The summed E-state index contributed by atoms with van der Waals surface area (Å²) in [6, 6.07) is 0.0207. The number of hydrogen-bond donors (Lipinski definition) is 2. The van der Waals surface area contributed by atoms with Crippen LogP contribution in [0.3, 0.4) is 0 Å². The van der Waals surface area contributed by atoms with Crippen molar-refractivity contribution in [2.75, 3.05) is 18.9 Å². The highest BCUT2D eigenvalue weighted by molar-refractivity contribution is 7.89. The summed E-state index contributed by atoms with van der Waals surface area (Å²) in [5, 5.41) is 0.